The van der Waals surface area contributed by atoms with E-state index in [0.717, 1.165) is 32.8 Å². The minimum absolute atomic E-state index is 0. The van der Waals surface area contributed by atoms with Gasteiger partial charge < -0.3 is 17.7 Å². The molecule has 0 amide bonds. The Morgan fingerprint density at radius 1 is 1.10 bits per heavy atom. The maximum atomic E-state index is 12.3. The summed E-state index contributed by atoms with van der Waals surface area (Å²) in [6.07, 6.45) is 7.15. The second-order valence-corrected chi connectivity index (χ2v) is 4.69. The molecule has 20 heavy (non-hydrogen) atoms. The SMILES string of the molecule is CCCCCCCC/C=C(\C[B-](F)(F)F)C(=O)OC.[K+]. The summed E-state index contributed by atoms with van der Waals surface area (Å²) in [5.41, 5.74) is -0.261. The molecular formula is C13H23BF3KO2. The largest absolute Gasteiger partial charge is 1.00 e. The first kappa shape index (κ1) is 23.0. The van der Waals surface area contributed by atoms with Gasteiger partial charge in [-0.1, -0.05) is 51.4 Å². The van der Waals surface area contributed by atoms with Crippen LogP contribution in [0.4, 0.5) is 12.9 Å². The van der Waals surface area contributed by atoms with E-state index >= 15 is 0 Å². The molecular weight excluding hydrogens is 295 g/mol. The van der Waals surface area contributed by atoms with Crippen LogP contribution in [0.1, 0.15) is 51.9 Å². The van der Waals surface area contributed by atoms with Crippen molar-refractivity contribution in [1.82, 2.24) is 0 Å². The number of rotatable bonds is 10. The minimum atomic E-state index is -5.00. The molecule has 0 fully saturated rings. The van der Waals surface area contributed by atoms with Gasteiger partial charge in [-0.3, -0.25) is 0 Å². The third-order valence-corrected chi connectivity index (χ3v) is 2.85. The van der Waals surface area contributed by atoms with Gasteiger partial charge in [0.2, 0.25) is 0 Å². The summed E-state index contributed by atoms with van der Waals surface area (Å²) in [4.78, 5) is 11.2. The van der Waals surface area contributed by atoms with Crippen LogP contribution in [0.25, 0.3) is 0 Å². The van der Waals surface area contributed by atoms with Crippen LogP contribution in [0.2, 0.25) is 6.32 Å². The Labute approximate surface area is 162 Å². The first-order valence-corrected chi connectivity index (χ1v) is 6.89. The average Bonchev–Trinajstić information content (AvgIpc) is 2.34. The van der Waals surface area contributed by atoms with E-state index in [9.17, 15) is 17.7 Å². The third-order valence-electron chi connectivity index (χ3n) is 2.85. The molecule has 0 radical (unpaired) electrons. The second-order valence-electron chi connectivity index (χ2n) is 4.69. The van der Waals surface area contributed by atoms with Crippen molar-refractivity contribution in [3.63, 3.8) is 0 Å². The summed E-state index contributed by atoms with van der Waals surface area (Å²) in [6.45, 7) is -2.87. The quantitative estimate of drug-likeness (QED) is 0.265. The summed E-state index contributed by atoms with van der Waals surface area (Å²) < 4.78 is 41.4. The van der Waals surface area contributed by atoms with Crippen LogP contribution in [0, 0.1) is 0 Å². The van der Waals surface area contributed by atoms with Gasteiger partial charge in [0, 0.05) is 5.57 Å². The zero-order valence-corrected chi connectivity index (χ0v) is 15.9. The topological polar surface area (TPSA) is 26.3 Å². The zero-order chi connectivity index (χ0) is 14.7. The van der Waals surface area contributed by atoms with E-state index in [2.05, 4.69) is 11.7 Å². The summed E-state index contributed by atoms with van der Waals surface area (Å²) in [5.74, 6) is -0.870. The Kier molecular flexibility index (Phi) is 15.4. The van der Waals surface area contributed by atoms with Gasteiger partial charge in [-0.05, 0) is 12.8 Å². The monoisotopic (exact) mass is 318 g/mol. The zero-order valence-electron chi connectivity index (χ0n) is 12.8. The molecule has 0 saturated heterocycles. The van der Waals surface area contributed by atoms with Gasteiger partial charge in [-0.2, -0.15) is 0 Å². The molecule has 0 N–H and O–H groups in total. The van der Waals surface area contributed by atoms with E-state index in [4.69, 9.17) is 0 Å². The Bertz CT molecular complexity index is 294. The summed E-state index contributed by atoms with van der Waals surface area (Å²) in [7, 11) is 1.10. The van der Waals surface area contributed by atoms with Crippen molar-refractivity contribution < 1.29 is 73.9 Å². The van der Waals surface area contributed by atoms with Crippen molar-refractivity contribution in [1.29, 1.82) is 0 Å². The standard InChI is InChI=1S/C13H23BF3O2.K/c1-3-4-5-6-7-8-9-10-12(13(18)19-2)11-14(15,16)17;/h10H,3-9,11H2,1-2H3;/q-1;+1/b12-10+;. The van der Waals surface area contributed by atoms with Gasteiger partial charge in [0.1, 0.15) is 0 Å². The maximum absolute atomic E-state index is 12.3. The van der Waals surface area contributed by atoms with E-state index in [1.54, 1.807) is 0 Å². The van der Waals surface area contributed by atoms with Crippen molar-refractivity contribution in [2.24, 2.45) is 0 Å². The number of hydrogen-bond acceptors (Lipinski definition) is 2. The van der Waals surface area contributed by atoms with Gasteiger partial charge in [-0.25, -0.2) is 4.79 Å². The number of allylic oxidation sites excluding steroid dienone is 1. The van der Waals surface area contributed by atoms with Crippen LogP contribution < -0.4 is 51.4 Å². The van der Waals surface area contributed by atoms with Crippen molar-refractivity contribution in [3.05, 3.63) is 11.6 Å². The molecule has 0 aromatic heterocycles. The predicted octanol–water partition coefficient (Wildman–Crippen LogP) is 1.69. The molecule has 0 atom stereocenters. The van der Waals surface area contributed by atoms with Gasteiger partial charge in [0.15, 0.2) is 0 Å². The number of carbonyl (C=O) groups is 1. The van der Waals surface area contributed by atoms with Crippen LogP contribution >= 0.6 is 0 Å². The summed E-state index contributed by atoms with van der Waals surface area (Å²) >= 11 is 0. The summed E-state index contributed by atoms with van der Waals surface area (Å²) in [6, 6.07) is 0. The number of hydrogen-bond donors (Lipinski definition) is 0. The van der Waals surface area contributed by atoms with Crippen LogP contribution in [0.5, 0.6) is 0 Å². The predicted molar refractivity (Wildman–Crippen MR) is 72.0 cm³/mol. The first-order chi connectivity index (χ1) is 8.90. The van der Waals surface area contributed by atoms with Crippen molar-refractivity contribution in [3.8, 4) is 0 Å². The maximum Gasteiger partial charge on any atom is 1.00 e. The van der Waals surface area contributed by atoms with E-state index in [1.165, 1.54) is 18.9 Å². The fraction of sp³-hybridized carbons (Fsp3) is 0.769. The first-order valence-electron chi connectivity index (χ1n) is 6.89. The molecule has 0 aliphatic heterocycles. The molecule has 2 nitrogen and oxygen atoms in total. The Hall–Kier alpha value is 0.701. The normalized spacial score (nSPS) is 11.9. The van der Waals surface area contributed by atoms with Gasteiger partial charge in [0.25, 0.3) is 0 Å². The number of carbonyl (C=O) groups excluding carboxylic acids is 1. The molecule has 0 spiro atoms. The molecule has 0 unspecified atom stereocenters. The molecule has 0 bridgehead atoms. The molecule has 112 valence electrons. The number of methoxy groups -OCH3 is 1. The van der Waals surface area contributed by atoms with Crippen molar-refractivity contribution in [2.45, 2.75) is 58.2 Å². The van der Waals surface area contributed by atoms with E-state index in [1.807, 2.05) is 0 Å². The summed E-state index contributed by atoms with van der Waals surface area (Å²) in [5, 5.41) is 0. The van der Waals surface area contributed by atoms with Gasteiger partial charge >= 0.3 is 64.3 Å². The van der Waals surface area contributed by atoms with Gasteiger partial charge in [0.05, 0.1) is 7.11 Å². The minimum Gasteiger partial charge on any atom is -0.466 e. The molecule has 0 saturated carbocycles. The van der Waals surface area contributed by atoms with Crippen LogP contribution in [0.15, 0.2) is 11.6 Å². The molecule has 7 heteroatoms. The van der Waals surface area contributed by atoms with Crippen molar-refractivity contribution >= 4 is 12.9 Å². The molecule has 0 rings (SSSR count). The average molecular weight is 318 g/mol. The van der Waals surface area contributed by atoms with Crippen LogP contribution in [0.3, 0.4) is 0 Å². The second kappa shape index (κ2) is 13.4. The molecule has 0 heterocycles. The molecule has 0 aromatic rings. The number of halogens is 3. The van der Waals surface area contributed by atoms with Gasteiger partial charge in [-0.15, -0.1) is 0 Å². The van der Waals surface area contributed by atoms with E-state index in [-0.39, 0.29) is 57.0 Å². The number of unbranched alkanes of at least 4 members (excludes halogenated alkanes) is 6. The van der Waals surface area contributed by atoms with Crippen molar-refractivity contribution in [2.75, 3.05) is 7.11 Å². The smallest absolute Gasteiger partial charge is 0.466 e. The number of esters is 1. The fourth-order valence-corrected chi connectivity index (χ4v) is 1.83. The Balaban J connectivity index is 0. The fourth-order valence-electron chi connectivity index (χ4n) is 1.83. The molecule has 0 aliphatic rings. The van der Waals surface area contributed by atoms with Crippen LogP contribution in [-0.2, 0) is 9.53 Å². The Morgan fingerprint density at radius 2 is 1.65 bits per heavy atom. The number of ether oxygens (including phenoxy) is 1. The van der Waals surface area contributed by atoms with Crippen LogP contribution in [-0.4, -0.2) is 20.1 Å². The Morgan fingerprint density at radius 3 is 2.15 bits per heavy atom. The van der Waals surface area contributed by atoms with E-state index in [0.29, 0.717) is 6.42 Å². The molecule has 0 aliphatic carbocycles. The third kappa shape index (κ3) is 13.7. The molecule has 0 aromatic carbocycles. The van der Waals surface area contributed by atoms with E-state index < -0.39 is 19.3 Å².